The lowest BCUT2D eigenvalue weighted by molar-refractivity contribution is -0.113. The van der Waals surface area contributed by atoms with E-state index in [0.717, 1.165) is 35.9 Å². The lowest BCUT2D eigenvalue weighted by atomic mass is 9.97. The van der Waals surface area contributed by atoms with Crippen molar-refractivity contribution in [3.8, 4) is 11.5 Å². The van der Waals surface area contributed by atoms with E-state index in [1.165, 1.54) is 29.3 Å². The fourth-order valence-electron chi connectivity index (χ4n) is 3.61. The van der Waals surface area contributed by atoms with E-state index in [2.05, 4.69) is 5.32 Å². The quantitative estimate of drug-likeness (QED) is 0.461. The second-order valence-corrected chi connectivity index (χ2v) is 9.08. The molecule has 0 saturated carbocycles. The molecule has 2 aromatic heterocycles. The summed E-state index contributed by atoms with van der Waals surface area (Å²) >= 11 is 2.87. The Balaban J connectivity index is 1.52. The molecular formula is C21H23N3O4S2. The van der Waals surface area contributed by atoms with Gasteiger partial charge in [-0.15, -0.1) is 11.3 Å². The highest BCUT2D eigenvalue weighted by molar-refractivity contribution is 7.99. The zero-order valence-electron chi connectivity index (χ0n) is 17.1. The maximum atomic E-state index is 12.9. The average molecular weight is 446 g/mol. The fraction of sp³-hybridized carbons (Fsp3) is 0.381. The number of thioether (sulfide) groups is 1. The van der Waals surface area contributed by atoms with Crippen molar-refractivity contribution in [2.75, 3.05) is 25.3 Å². The second kappa shape index (κ2) is 8.69. The highest BCUT2D eigenvalue weighted by atomic mass is 32.2. The molecule has 1 aliphatic rings. The molecule has 0 atom stereocenters. The average Bonchev–Trinajstić information content (AvgIpc) is 3.14. The van der Waals surface area contributed by atoms with Crippen molar-refractivity contribution in [1.29, 1.82) is 0 Å². The van der Waals surface area contributed by atoms with Crippen LogP contribution in [0.3, 0.4) is 0 Å². The monoisotopic (exact) mass is 445 g/mol. The van der Waals surface area contributed by atoms with Crippen molar-refractivity contribution in [2.45, 2.75) is 30.8 Å². The van der Waals surface area contributed by atoms with E-state index in [0.29, 0.717) is 22.3 Å². The molecule has 30 heavy (non-hydrogen) atoms. The molecule has 3 aromatic rings. The van der Waals surface area contributed by atoms with Crippen LogP contribution in [-0.4, -0.2) is 35.4 Å². The van der Waals surface area contributed by atoms with Gasteiger partial charge < -0.3 is 14.8 Å². The number of anilines is 1. The van der Waals surface area contributed by atoms with Gasteiger partial charge in [0.2, 0.25) is 5.91 Å². The van der Waals surface area contributed by atoms with E-state index >= 15 is 0 Å². The highest BCUT2D eigenvalue weighted by Gasteiger charge is 2.21. The Kier molecular flexibility index (Phi) is 6.01. The number of amides is 1. The number of aromatic nitrogens is 2. The molecule has 1 N–H and O–H groups in total. The molecule has 158 valence electrons. The van der Waals surface area contributed by atoms with Crippen LogP contribution in [-0.2, 0) is 24.7 Å². The van der Waals surface area contributed by atoms with Gasteiger partial charge in [-0.2, -0.15) is 0 Å². The van der Waals surface area contributed by atoms with Gasteiger partial charge in [0.05, 0.1) is 31.0 Å². The topological polar surface area (TPSA) is 82.5 Å². The minimum Gasteiger partial charge on any atom is -0.497 e. The summed E-state index contributed by atoms with van der Waals surface area (Å²) in [6, 6.07) is 5.19. The Hall–Kier alpha value is -2.52. The lowest BCUT2D eigenvalue weighted by Crippen LogP contribution is -2.22. The van der Waals surface area contributed by atoms with Gasteiger partial charge in [0.1, 0.15) is 16.3 Å². The normalized spacial score (nSPS) is 13.2. The van der Waals surface area contributed by atoms with E-state index in [1.807, 2.05) is 0 Å². The van der Waals surface area contributed by atoms with Crippen LogP contribution in [0.25, 0.3) is 10.2 Å². The number of thiophene rings is 1. The number of hydrogen-bond donors (Lipinski definition) is 1. The van der Waals surface area contributed by atoms with Crippen molar-refractivity contribution in [3.63, 3.8) is 0 Å². The molecule has 2 heterocycles. The largest absolute Gasteiger partial charge is 0.497 e. The molecule has 0 unspecified atom stereocenters. The first-order valence-electron chi connectivity index (χ1n) is 9.67. The number of nitrogens with one attached hydrogen (secondary N) is 1. The van der Waals surface area contributed by atoms with Crippen LogP contribution in [0.15, 0.2) is 28.2 Å². The summed E-state index contributed by atoms with van der Waals surface area (Å²) in [4.78, 5) is 32.2. The van der Waals surface area contributed by atoms with E-state index in [4.69, 9.17) is 14.5 Å². The Morgan fingerprint density at radius 1 is 1.27 bits per heavy atom. The molecule has 1 amide bonds. The van der Waals surface area contributed by atoms with Crippen LogP contribution in [0.1, 0.15) is 23.3 Å². The first-order chi connectivity index (χ1) is 14.5. The number of hydrogen-bond acceptors (Lipinski definition) is 7. The number of methoxy groups -OCH3 is 2. The third kappa shape index (κ3) is 3.91. The van der Waals surface area contributed by atoms with Crippen LogP contribution in [0.4, 0.5) is 5.69 Å². The van der Waals surface area contributed by atoms with E-state index < -0.39 is 0 Å². The predicted octanol–water partition coefficient (Wildman–Crippen LogP) is 3.62. The third-order valence-corrected chi connectivity index (χ3v) is 7.39. The maximum Gasteiger partial charge on any atom is 0.262 e. The minimum absolute atomic E-state index is 0.0286. The SMILES string of the molecule is COc1ccc(NC(=O)CSc2nc3sc4c(c3c(=O)n2C)CCCC4)c(OC)c1. The number of fused-ring (bicyclic) bond motifs is 3. The number of benzene rings is 1. The molecule has 0 aliphatic heterocycles. The molecule has 1 aliphatic carbocycles. The predicted molar refractivity (Wildman–Crippen MR) is 120 cm³/mol. The summed E-state index contributed by atoms with van der Waals surface area (Å²) in [6.45, 7) is 0. The first-order valence-corrected chi connectivity index (χ1v) is 11.5. The third-order valence-electron chi connectivity index (χ3n) is 5.17. The van der Waals surface area contributed by atoms with Gasteiger partial charge in [-0.05, 0) is 43.4 Å². The lowest BCUT2D eigenvalue weighted by Gasteiger charge is -2.12. The van der Waals surface area contributed by atoms with Gasteiger partial charge in [-0.1, -0.05) is 11.8 Å². The number of carbonyl (C=O) groups is 1. The van der Waals surface area contributed by atoms with Gasteiger partial charge in [-0.25, -0.2) is 4.98 Å². The van der Waals surface area contributed by atoms with Crippen molar-refractivity contribution in [2.24, 2.45) is 7.05 Å². The van der Waals surface area contributed by atoms with Crippen LogP contribution < -0.4 is 20.3 Å². The molecule has 0 fully saturated rings. The van der Waals surface area contributed by atoms with Crippen molar-refractivity contribution < 1.29 is 14.3 Å². The zero-order valence-corrected chi connectivity index (χ0v) is 18.7. The van der Waals surface area contributed by atoms with Crippen LogP contribution >= 0.6 is 23.1 Å². The standard InChI is InChI=1S/C21H23N3O4S2/c1-24-20(26)18-13-6-4-5-7-16(13)30-19(18)23-21(24)29-11-17(25)22-14-9-8-12(27-2)10-15(14)28-3/h8-10H,4-7,11H2,1-3H3,(H,22,25). The van der Waals surface area contributed by atoms with E-state index in [9.17, 15) is 9.59 Å². The van der Waals surface area contributed by atoms with Crippen LogP contribution in [0.5, 0.6) is 11.5 Å². The summed E-state index contributed by atoms with van der Waals surface area (Å²) in [5, 5.41) is 4.14. The Morgan fingerprint density at radius 2 is 2.07 bits per heavy atom. The number of ether oxygens (including phenoxy) is 2. The summed E-state index contributed by atoms with van der Waals surface area (Å²) in [6.07, 6.45) is 4.25. The fourth-order valence-corrected chi connectivity index (χ4v) is 5.69. The van der Waals surface area contributed by atoms with Gasteiger partial charge in [0, 0.05) is 18.0 Å². The van der Waals surface area contributed by atoms with E-state index in [-0.39, 0.29) is 17.2 Å². The Morgan fingerprint density at radius 3 is 2.83 bits per heavy atom. The molecule has 4 rings (SSSR count). The molecule has 9 heteroatoms. The minimum atomic E-state index is -0.205. The van der Waals surface area contributed by atoms with Crippen LogP contribution in [0, 0.1) is 0 Å². The molecule has 0 spiro atoms. The van der Waals surface area contributed by atoms with Gasteiger partial charge in [-0.3, -0.25) is 14.2 Å². The first kappa shape index (κ1) is 20.7. The van der Waals surface area contributed by atoms with Crippen molar-refractivity contribution in [3.05, 3.63) is 39.0 Å². The summed E-state index contributed by atoms with van der Waals surface area (Å²) in [5.74, 6) is 1.09. The van der Waals surface area contributed by atoms with Crippen molar-refractivity contribution in [1.82, 2.24) is 9.55 Å². The zero-order chi connectivity index (χ0) is 21.3. The van der Waals surface area contributed by atoms with Crippen LogP contribution in [0.2, 0.25) is 0 Å². The summed E-state index contributed by atoms with van der Waals surface area (Å²) < 4.78 is 12.0. The maximum absolute atomic E-state index is 12.9. The summed E-state index contributed by atoms with van der Waals surface area (Å²) in [5.41, 5.74) is 1.71. The van der Waals surface area contributed by atoms with E-state index in [1.54, 1.807) is 48.3 Å². The smallest absolute Gasteiger partial charge is 0.262 e. The Labute approximate surface area is 182 Å². The van der Waals surface area contributed by atoms with Crippen molar-refractivity contribution >= 4 is 44.9 Å². The molecule has 0 bridgehead atoms. The molecule has 0 radical (unpaired) electrons. The second-order valence-electron chi connectivity index (χ2n) is 7.05. The number of rotatable bonds is 6. The Bertz CT molecular complexity index is 1170. The number of nitrogens with zero attached hydrogens (tertiary/aromatic N) is 2. The summed E-state index contributed by atoms with van der Waals surface area (Å²) in [7, 11) is 4.82. The number of carbonyl (C=O) groups excluding carboxylic acids is 1. The molecule has 7 nitrogen and oxygen atoms in total. The van der Waals surface area contributed by atoms with Gasteiger partial charge in [0.25, 0.3) is 5.56 Å². The van der Waals surface area contributed by atoms with Gasteiger partial charge in [0.15, 0.2) is 5.16 Å². The number of aryl methyl sites for hydroxylation is 2. The van der Waals surface area contributed by atoms with Gasteiger partial charge >= 0.3 is 0 Å². The molecular weight excluding hydrogens is 422 g/mol. The highest BCUT2D eigenvalue weighted by Crippen LogP contribution is 2.34. The molecule has 0 saturated heterocycles. The molecule has 1 aromatic carbocycles.